The molecule has 0 spiro atoms. The molecule has 1 aliphatic rings. The zero-order chi connectivity index (χ0) is 19.7. The van der Waals surface area contributed by atoms with Crippen LogP contribution in [0.5, 0.6) is 0 Å². The Bertz CT molecular complexity index is 845. The van der Waals surface area contributed by atoms with Gasteiger partial charge in [0.15, 0.2) is 6.29 Å². The van der Waals surface area contributed by atoms with E-state index in [4.69, 9.17) is 21.1 Å². The molecule has 1 aromatic carbocycles. The smallest absolute Gasteiger partial charge is 0.339 e. The van der Waals surface area contributed by atoms with E-state index < -0.39 is 43.3 Å². The van der Waals surface area contributed by atoms with Gasteiger partial charge in [-0.05, 0) is 17.7 Å². The molecule has 2 heterocycles. The van der Waals surface area contributed by atoms with Crippen molar-refractivity contribution in [2.45, 2.75) is 37.3 Å². The van der Waals surface area contributed by atoms with Crippen molar-refractivity contribution in [1.82, 2.24) is 4.98 Å². The van der Waals surface area contributed by atoms with Crippen LogP contribution in [0.15, 0.2) is 24.4 Å². The number of pyridine rings is 1. The maximum absolute atomic E-state index is 11.3. The average Bonchev–Trinajstić information content (AvgIpc) is 2.65. The topological polar surface area (TPSA) is 150 Å². The fourth-order valence-corrected chi connectivity index (χ4v) is 3.12. The van der Waals surface area contributed by atoms with Crippen molar-refractivity contribution < 1.29 is 39.8 Å². The Morgan fingerprint density at radius 3 is 2.63 bits per heavy atom. The molecular formula is C17H18ClNO8. The van der Waals surface area contributed by atoms with Crippen LogP contribution in [0.3, 0.4) is 0 Å². The van der Waals surface area contributed by atoms with E-state index in [-0.39, 0.29) is 22.7 Å². The van der Waals surface area contributed by atoms with Crippen molar-refractivity contribution in [2.24, 2.45) is 0 Å². The Kier molecular flexibility index (Phi) is 5.92. The molecule has 1 fully saturated rings. The molecule has 5 atom stereocenters. The number of aromatic carboxylic acids is 1. The Morgan fingerprint density at radius 1 is 1.22 bits per heavy atom. The lowest BCUT2D eigenvalue weighted by Gasteiger charge is -2.39. The second-order valence-corrected chi connectivity index (χ2v) is 6.56. The Labute approximate surface area is 158 Å². The van der Waals surface area contributed by atoms with E-state index in [0.29, 0.717) is 10.9 Å². The third kappa shape index (κ3) is 3.90. The van der Waals surface area contributed by atoms with Crippen molar-refractivity contribution in [3.63, 3.8) is 0 Å². The molecule has 0 unspecified atom stereocenters. The van der Waals surface area contributed by atoms with Crippen LogP contribution in [0.1, 0.15) is 15.9 Å². The van der Waals surface area contributed by atoms with E-state index in [9.17, 15) is 30.3 Å². The average molecular weight is 400 g/mol. The number of ether oxygens (including phenoxy) is 2. The lowest BCUT2D eigenvalue weighted by Crippen LogP contribution is -2.59. The van der Waals surface area contributed by atoms with E-state index in [1.807, 2.05) is 0 Å². The predicted octanol–water partition coefficient (Wildman–Crippen LogP) is -0.0971. The fourth-order valence-electron chi connectivity index (χ4n) is 2.89. The van der Waals surface area contributed by atoms with Crippen LogP contribution in [-0.4, -0.2) is 73.8 Å². The molecular weight excluding hydrogens is 382 g/mol. The third-order valence-electron chi connectivity index (χ3n) is 4.34. The van der Waals surface area contributed by atoms with Gasteiger partial charge in [-0.15, -0.1) is 0 Å². The number of aliphatic hydroxyl groups is 4. The zero-order valence-electron chi connectivity index (χ0n) is 13.9. The van der Waals surface area contributed by atoms with Crippen molar-refractivity contribution in [2.75, 3.05) is 6.61 Å². The molecule has 2 aromatic rings. The number of aromatic nitrogens is 1. The van der Waals surface area contributed by atoms with Gasteiger partial charge in [0.1, 0.15) is 30.0 Å². The SMILES string of the molecule is O=C(O)c1c(Cl)ccc2cc(CO[C@@H]3O[C@H](CO)[C@@H](O)[C@H](O)[C@H]3O)cnc12. The van der Waals surface area contributed by atoms with Crippen LogP contribution >= 0.6 is 11.6 Å². The van der Waals surface area contributed by atoms with Gasteiger partial charge >= 0.3 is 5.97 Å². The monoisotopic (exact) mass is 399 g/mol. The van der Waals surface area contributed by atoms with Crippen molar-refractivity contribution >= 4 is 28.5 Å². The van der Waals surface area contributed by atoms with E-state index in [1.165, 1.54) is 12.3 Å². The molecule has 9 nitrogen and oxygen atoms in total. The van der Waals surface area contributed by atoms with Crippen LogP contribution in [0.25, 0.3) is 10.9 Å². The summed E-state index contributed by atoms with van der Waals surface area (Å²) < 4.78 is 10.7. The molecule has 0 radical (unpaired) electrons. The summed E-state index contributed by atoms with van der Waals surface area (Å²) in [6.07, 6.45) is -5.44. The summed E-state index contributed by atoms with van der Waals surface area (Å²) in [5, 5.41) is 48.5. The number of fused-ring (bicyclic) bond motifs is 1. The van der Waals surface area contributed by atoms with Gasteiger partial charge in [0.05, 0.1) is 23.8 Å². The van der Waals surface area contributed by atoms with E-state index in [0.717, 1.165) is 0 Å². The first-order valence-electron chi connectivity index (χ1n) is 8.06. The van der Waals surface area contributed by atoms with Gasteiger partial charge in [0, 0.05) is 11.6 Å². The number of carbonyl (C=O) groups is 1. The van der Waals surface area contributed by atoms with Crippen molar-refractivity contribution in [3.8, 4) is 0 Å². The molecule has 1 aliphatic heterocycles. The summed E-state index contributed by atoms with van der Waals surface area (Å²) in [5.74, 6) is -1.19. The highest BCUT2D eigenvalue weighted by molar-refractivity contribution is 6.35. The molecule has 0 bridgehead atoms. The lowest BCUT2D eigenvalue weighted by atomic mass is 9.99. The highest BCUT2D eigenvalue weighted by atomic mass is 35.5. The summed E-state index contributed by atoms with van der Waals surface area (Å²) >= 11 is 5.92. The molecule has 1 saturated heterocycles. The Morgan fingerprint density at radius 2 is 1.96 bits per heavy atom. The number of benzene rings is 1. The maximum Gasteiger partial charge on any atom is 0.339 e. The number of nitrogens with zero attached hydrogens (tertiary/aromatic N) is 1. The molecule has 5 N–H and O–H groups in total. The summed E-state index contributed by atoms with van der Waals surface area (Å²) in [5.41, 5.74) is 0.681. The quantitative estimate of drug-likeness (QED) is 0.464. The normalized spacial score (nSPS) is 28.4. The van der Waals surface area contributed by atoms with Crippen LogP contribution < -0.4 is 0 Å². The van der Waals surface area contributed by atoms with Crippen LogP contribution in [0.2, 0.25) is 5.02 Å². The minimum Gasteiger partial charge on any atom is -0.478 e. The summed E-state index contributed by atoms with van der Waals surface area (Å²) in [6.45, 7) is -0.627. The van der Waals surface area contributed by atoms with Gasteiger partial charge in [0.25, 0.3) is 0 Å². The van der Waals surface area contributed by atoms with Crippen molar-refractivity contribution in [1.29, 1.82) is 0 Å². The molecule has 3 rings (SSSR count). The maximum atomic E-state index is 11.3. The van der Waals surface area contributed by atoms with Crippen molar-refractivity contribution in [3.05, 3.63) is 40.5 Å². The minimum atomic E-state index is -1.53. The number of carboxylic acid groups (broad SMARTS) is 1. The molecule has 0 saturated carbocycles. The second-order valence-electron chi connectivity index (χ2n) is 6.15. The predicted molar refractivity (Wildman–Crippen MR) is 92.3 cm³/mol. The molecule has 27 heavy (non-hydrogen) atoms. The molecule has 10 heteroatoms. The highest BCUT2D eigenvalue weighted by Crippen LogP contribution is 2.26. The zero-order valence-corrected chi connectivity index (χ0v) is 14.7. The summed E-state index contributed by atoms with van der Waals surface area (Å²) in [6, 6.07) is 4.72. The first kappa shape index (κ1) is 19.9. The number of hydrogen-bond acceptors (Lipinski definition) is 8. The first-order chi connectivity index (χ1) is 12.8. The number of rotatable bonds is 5. The first-order valence-corrected chi connectivity index (χ1v) is 8.43. The largest absolute Gasteiger partial charge is 0.478 e. The molecule has 0 amide bonds. The third-order valence-corrected chi connectivity index (χ3v) is 4.65. The molecule has 146 valence electrons. The van der Waals surface area contributed by atoms with E-state index >= 15 is 0 Å². The summed E-state index contributed by atoms with van der Waals surface area (Å²) in [7, 11) is 0. The van der Waals surface area contributed by atoms with Gasteiger partial charge < -0.3 is 35.0 Å². The van der Waals surface area contributed by atoms with Crippen LogP contribution in [0.4, 0.5) is 0 Å². The van der Waals surface area contributed by atoms with E-state index in [1.54, 1.807) is 12.1 Å². The molecule has 1 aromatic heterocycles. The number of aliphatic hydroxyl groups excluding tert-OH is 4. The van der Waals surface area contributed by atoms with Gasteiger partial charge in [0.2, 0.25) is 0 Å². The fraction of sp³-hybridized carbons (Fsp3) is 0.412. The van der Waals surface area contributed by atoms with Gasteiger partial charge in [-0.1, -0.05) is 17.7 Å². The Balaban J connectivity index is 1.77. The number of halogens is 1. The second kappa shape index (κ2) is 8.03. The van der Waals surface area contributed by atoms with Gasteiger partial charge in [-0.2, -0.15) is 0 Å². The highest BCUT2D eigenvalue weighted by Gasteiger charge is 2.44. The lowest BCUT2D eigenvalue weighted by molar-refractivity contribution is -0.304. The summed E-state index contributed by atoms with van der Waals surface area (Å²) in [4.78, 5) is 15.5. The number of hydrogen-bond donors (Lipinski definition) is 5. The molecule has 0 aliphatic carbocycles. The van der Waals surface area contributed by atoms with Gasteiger partial charge in [-0.25, -0.2) is 4.79 Å². The van der Waals surface area contributed by atoms with Crippen LogP contribution in [-0.2, 0) is 16.1 Å². The number of carboxylic acids is 1. The minimum absolute atomic E-state index is 0.0728. The van der Waals surface area contributed by atoms with Gasteiger partial charge in [-0.3, -0.25) is 4.98 Å². The standard InChI is InChI=1S/C17H18ClNO8/c18-9-2-1-8-3-7(4-19-12(8)11(9)16(24)25)6-26-17-15(23)14(22)13(21)10(5-20)27-17/h1-4,10,13-15,17,20-23H,5-6H2,(H,24,25)/t10-,13-,14+,15-,17-/m1/s1. The van der Waals surface area contributed by atoms with Crippen LogP contribution in [0, 0.1) is 0 Å². The van der Waals surface area contributed by atoms with E-state index in [2.05, 4.69) is 4.98 Å². The Hall–Kier alpha value is -1.85.